The quantitative estimate of drug-likeness (QED) is 0.134. The fraction of sp³-hybridized carbons (Fsp3) is 0.476. The summed E-state index contributed by atoms with van der Waals surface area (Å²) < 4.78 is 5.97. The van der Waals surface area contributed by atoms with Crippen LogP contribution in [0.2, 0.25) is 58.9 Å². The molecule has 6 heteroatoms. The third kappa shape index (κ3) is 19.7. The summed E-state index contributed by atoms with van der Waals surface area (Å²) in [5.74, 6) is 0.906. The maximum absolute atomic E-state index is 5.97. The van der Waals surface area contributed by atoms with E-state index in [1.54, 1.807) is 0 Å². The van der Waals surface area contributed by atoms with Crippen molar-refractivity contribution >= 4 is 47.6 Å². The Hall–Kier alpha value is -0.576. The van der Waals surface area contributed by atoms with Crippen molar-refractivity contribution in [1.29, 1.82) is 0 Å². The molecule has 48 heavy (non-hydrogen) atoms. The van der Waals surface area contributed by atoms with Crippen molar-refractivity contribution in [2.45, 2.75) is 130 Å². The number of nitrogens with zero attached hydrogens (tertiary/aromatic N) is 1. The second-order valence-electron chi connectivity index (χ2n) is 17.2. The van der Waals surface area contributed by atoms with Gasteiger partial charge in [-0.05, 0) is 46.4 Å². The molecule has 0 N–H and O–H groups in total. The minimum Gasteiger partial charge on any atom is -0.358 e. The average Bonchev–Trinajstić information content (AvgIpc) is 3.45. The fourth-order valence-electron chi connectivity index (χ4n) is 5.14. The summed E-state index contributed by atoms with van der Waals surface area (Å²) in [5.41, 5.74) is 4.67. The van der Waals surface area contributed by atoms with E-state index in [1.165, 1.54) is 53.1 Å². The number of rotatable bonds is 6. The summed E-state index contributed by atoms with van der Waals surface area (Å²) in [6.07, 6.45) is 5.21. The Labute approximate surface area is 323 Å². The monoisotopic (exact) mass is 795 g/mol. The minimum absolute atomic E-state index is 0. The van der Waals surface area contributed by atoms with Crippen LogP contribution in [0, 0.1) is 27.1 Å². The van der Waals surface area contributed by atoms with Crippen LogP contribution in [-0.4, -0.2) is 29.9 Å². The van der Waals surface area contributed by atoms with Crippen LogP contribution in [0.25, 0.3) is 0 Å². The molecule has 3 aromatic rings. The predicted molar refractivity (Wildman–Crippen MR) is 231 cm³/mol. The van der Waals surface area contributed by atoms with Gasteiger partial charge in [-0.1, -0.05) is 178 Å². The normalized spacial score (nSPS) is 13.5. The minimum atomic E-state index is -1.98. The predicted octanol–water partition coefficient (Wildman–Crippen LogP) is 13.9. The zero-order chi connectivity index (χ0) is 35.3. The molecular weight excluding hydrogens is 725 g/mol. The first-order valence-electron chi connectivity index (χ1n) is 17.5. The van der Waals surface area contributed by atoms with Crippen LogP contribution in [0.15, 0.2) is 83.6 Å². The number of hydrogen-bond donors (Lipinski definition) is 0. The summed E-state index contributed by atoms with van der Waals surface area (Å²) in [7, 11) is -4.56. The van der Waals surface area contributed by atoms with Crippen molar-refractivity contribution in [1.82, 2.24) is 0 Å². The second kappa shape index (κ2) is 22.4. The molecule has 266 valence electrons. The molecule has 0 amide bonds. The van der Waals surface area contributed by atoms with E-state index < -0.39 is 31.3 Å². The Morgan fingerprint density at radius 3 is 1.12 bits per heavy atom. The van der Waals surface area contributed by atoms with Crippen molar-refractivity contribution in [2.75, 3.05) is 0 Å². The smallest absolute Gasteiger partial charge is 0.358 e. The van der Waals surface area contributed by atoms with Gasteiger partial charge in [0, 0.05) is 12.7 Å². The van der Waals surface area contributed by atoms with Crippen LogP contribution in [0.1, 0.15) is 76.3 Å². The van der Waals surface area contributed by atoms with Gasteiger partial charge in [0.25, 0.3) is 0 Å². The largest absolute Gasteiger partial charge is 4.00 e. The van der Waals surface area contributed by atoms with E-state index >= 15 is 0 Å². The molecule has 0 unspecified atom stereocenters. The molecule has 0 spiro atoms. The molecule has 1 saturated carbocycles. The van der Waals surface area contributed by atoms with Gasteiger partial charge in [-0.25, -0.2) is 0 Å². The average molecular weight is 798 g/mol. The van der Waals surface area contributed by atoms with Crippen LogP contribution in [-0.2, 0) is 26.2 Å². The van der Waals surface area contributed by atoms with E-state index in [1.807, 2.05) is 0 Å². The van der Waals surface area contributed by atoms with Crippen molar-refractivity contribution in [3.63, 3.8) is 0 Å². The van der Waals surface area contributed by atoms with Crippen LogP contribution in [0.3, 0.4) is 0 Å². The Morgan fingerprint density at radius 2 is 0.854 bits per heavy atom. The molecule has 0 bridgehead atoms. The molecule has 1 nitrogen and oxygen atoms in total. The first kappa shape index (κ1) is 49.5. The second-order valence-corrected chi connectivity index (χ2v) is 35.9. The Kier molecular flexibility index (Phi) is 23.1. The van der Waals surface area contributed by atoms with E-state index in [0.717, 1.165) is 0 Å². The molecule has 0 aromatic heterocycles. The van der Waals surface area contributed by atoms with Gasteiger partial charge in [-0.15, -0.1) is 24.2 Å². The van der Waals surface area contributed by atoms with E-state index in [2.05, 4.69) is 185 Å². The maximum Gasteiger partial charge on any atom is 4.00 e. The molecule has 3 aromatic carbocycles. The van der Waals surface area contributed by atoms with Gasteiger partial charge < -0.3 is 27.1 Å². The van der Waals surface area contributed by atoms with Crippen LogP contribution < -0.4 is 10.6 Å². The SMILES string of the molecule is CC(C)c1cccc(C(C)C)c1N=P(c1ccccc1)(c1ccccc1)C1CCCC1.[CH2-][Si](C)(C)C.[CH2-][Si](C)(C)C.[CH2-][Si](C)(C)C.[CH3-].[Zr+4]. The van der Waals surface area contributed by atoms with Gasteiger partial charge >= 0.3 is 26.2 Å². The molecule has 1 aliphatic carbocycles. The van der Waals surface area contributed by atoms with Crippen LogP contribution in [0.5, 0.6) is 0 Å². The van der Waals surface area contributed by atoms with Gasteiger partial charge in [-0.2, -0.15) is 0 Å². The summed E-state index contributed by atoms with van der Waals surface area (Å²) in [6.45, 7) is 40.9. The molecule has 0 radical (unpaired) electrons. The van der Waals surface area contributed by atoms with E-state index in [4.69, 9.17) is 4.74 Å². The molecule has 0 heterocycles. The first-order valence-corrected chi connectivity index (χ1v) is 30.4. The van der Waals surface area contributed by atoms with E-state index in [-0.39, 0.29) is 33.6 Å². The number of benzene rings is 3. The zero-order valence-corrected chi connectivity index (χ0v) is 39.9. The fourth-order valence-corrected chi connectivity index (χ4v) is 9.59. The third-order valence-corrected chi connectivity index (χ3v) is 11.0. The van der Waals surface area contributed by atoms with Crippen molar-refractivity contribution in [2.24, 2.45) is 4.74 Å². The molecule has 0 aliphatic heterocycles. The van der Waals surface area contributed by atoms with Crippen molar-refractivity contribution < 1.29 is 26.2 Å². The molecule has 1 fully saturated rings. The Morgan fingerprint density at radius 1 is 0.562 bits per heavy atom. The van der Waals surface area contributed by atoms with E-state index in [9.17, 15) is 0 Å². The Balaban J connectivity index is 0. The standard InChI is InChI=1S/C29H36NP.3C4H11Si.CH3.Zr/c1-22(2)27-20-13-21-28(23(3)4)29(27)30-31(26-18-11-12-19-26,24-14-7-5-8-15-24)25-16-9-6-10-17-25;3*1-5(2,3)4;;/h5-10,13-17,20-23,26H,11-12,18-19H2,1-4H3;3*1H2,2-4H3;1H3;/q;4*-1;+4. The topological polar surface area (TPSA) is 12.4 Å². The first-order chi connectivity index (χ1) is 21.0. The summed E-state index contributed by atoms with van der Waals surface area (Å²) >= 11 is 0. The van der Waals surface area contributed by atoms with Gasteiger partial charge in [0.2, 0.25) is 0 Å². The van der Waals surface area contributed by atoms with E-state index in [0.29, 0.717) is 17.5 Å². The Bertz CT molecular complexity index is 1210. The van der Waals surface area contributed by atoms with Crippen molar-refractivity contribution in [3.8, 4) is 0 Å². The summed E-state index contributed by atoms with van der Waals surface area (Å²) in [6, 6.07) is 29.3. The van der Waals surface area contributed by atoms with Gasteiger partial charge in [0.1, 0.15) is 0 Å². The molecule has 4 rings (SSSR count). The van der Waals surface area contributed by atoms with Gasteiger partial charge in [0.15, 0.2) is 0 Å². The zero-order valence-electron chi connectivity index (χ0n) is 33.6. The van der Waals surface area contributed by atoms with Gasteiger partial charge in [-0.3, -0.25) is 4.74 Å². The molecule has 0 atom stereocenters. The third-order valence-electron chi connectivity index (χ3n) is 6.75. The molecule has 1 aliphatic rings. The summed E-state index contributed by atoms with van der Waals surface area (Å²) in [5, 5.41) is 2.86. The number of hydrogen-bond acceptors (Lipinski definition) is 1. The molecular formula is C42H72NPSi3Zr. The van der Waals surface area contributed by atoms with Crippen LogP contribution in [0.4, 0.5) is 5.69 Å². The van der Waals surface area contributed by atoms with Crippen molar-refractivity contribution in [3.05, 3.63) is 117 Å². The van der Waals surface area contributed by atoms with Crippen LogP contribution >= 0.6 is 7.05 Å². The molecule has 0 saturated heterocycles. The maximum atomic E-state index is 5.97. The summed E-state index contributed by atoms with van der Waals surface area (Å²) in [4.78, 5) is 0. The van der Waals surface area contributed by atoms with Gasteiger partial charge in [0.05, 0.1) is 5.69 Å².